The van der Waals surface area contributed by atoms with Crippen molar-refractivity contribution in [3.8, 4) is 17.2 Å². The van der Waals surface area contributed by atoms with Gasteiger partial charge < -0.3 is 19.5 Å². The summed E-state index contributed by atoms with van der Waals surface area (Å²) in [7, 11) is 4.65. The lowest BCUT2D eigenvalue weighted by atomic mass is 10.1. The molecule has 1 aliphatic rings. The first-order valence-electron chi connectivity index (χ1n) is 7.39. The second kappa shape index (κ2) is 7.17. The zero-order chi connectivity index (χ0) is 17.0. The quantitative estimate of drug-likeness (QED) is 0.819. The minimum Gasteiger partial charge on any atom is -0.493 e. The van der Waals surface area contributed by atoms with E-state index in [9.17, 15) is 4.79 Å². The van der Waals surface area contributed by atoms with Gasteiger partial charge in [0, 0.05) is 6.42 Å². The van der Waals surface area contributed by atoms with E-state index in [1.165, 1.54) is 0 Å². The summed E-state index contributed by atoms with van der Waals surface area (Å²) >= 11 is 0. The summed E-state index contributed by atoms with van der Waals surface area (Å²) in [6.45, 7) is 4.16. The number of aliphatic imine (C=N–C) groups is 1. The van der Waals surface area contributed by atoms with Crippen molar-refractivity contribution in [3.05, 3.63) is 23.4 Å². The van der Waals surface area contributed by atoms with Gasteiger partial charge in [-0.2, -0.15) is 0 Å². The Morgan fingerprint density at radius 1 is 1.13 bits per heavy atom. The normalized spacial score (nSPS) is 15.7. The van der Waals surface area contributed by atoms with E-state index in [0.29, 0.717) is 34.7 Å². The molecule has 0 fully saturated rings. The van der Waals surface area contributed by atoms with E-state index in [1.807, 2.05) is 0 Å². The number of benzene rings is 1. The molecule has 0 unspecified atom stereocenters. The summed E-state index contributed by atoms with van der Waals surface area (Å²) in [5.41, 5.74) is 1.12. The third-order valence-electron chi connectivity index (χ3n) is 3.34. The van der Waals surface area contributed by atoms with Gasteiger partial charge in [0.2, 0.25) is 5.75 Å². The van der Waals surface area contributed by atoms with Crippen LogP contribution in [-0.4, -0.2) is 33.1 Å². The molecule has 0 saturated heterocycles. The van der Waals surface area contributed by atoms with E-state index in [2.05, 4.69) is 24.2 Å². The first-order valence-corrected chi connectivity index (χ1v) is 7.39. The molecular weight excluding hydrogens is 296 g/mol. The number of rotatable bonds is 6. The Morgan fingerprint density at radius 2 is 1.74 bits per heavy atom. The molecule has 0 atom stereocenters. The van der Waals surface area contributed by atoms with Crippen molar-refractivity contribution in [3.63, 3.8) is 0 Å². The molecule has 0 saturated carbocycles. The summed E-state index contributed by atoms with van der Waals surface area (Å²) in [5.74, 6) is 2.50. The van der Waals surface area contributed by atoms with Gasteiger partial charge in [-0.1, -0.05) is 13.8 Å². The lowest BCUT2D eigenvalue weighted by Gasteiger charge is -2.12. The van der Waals surface area contributed by atoms with Crippen LogP contribution in [0, 0.1) is 5.92 Å². The van der Waals surface area contributed by atoms with Gasteiger partial charge in [-0.05, 0) is 29.7 Å². The molecule has 2 rings (SSSR count). The average molecular weight is 318 g/mol. The molecular formula is C17H22N2O4. The van der Waals surface area contributed by atoms with E-state index in [-0.39, 0.29) is 5.91 Å². The minimum absolute atomic E-state index is 0.200. The first-order chi connectivity index (χ1) is 11.0. The molecule has 0 radical (unpaired) electrons. The summed E-state index contributed by atoms with van der Waals surface area (Å²) in [5, 5.41) is 2.79. The molecule has 1 aliphatic heterocycles. The second-order valence-corrected chi connectivity index (χ2v) is 5.60. The molecule has 0 aromatic heterocycles. The van der Waals surface area contributed by atoms with Gasteiger partial charge in [0.25, 0.3) is 5.91 Å². The summed E-state index contributed by atoms with van der Waals surface area (Å²) in [4.78, 5) is 16.4. The van der Waals surface area contributed by atoms with E-state index < -0.39 is 0 Å². The second-order valence-electron chi connectivity index (χ2n) is 5.60. The molecule has 1 aromatic carbocycles. The van der Waals surface area contributed by atoms with E-state index in [1.54, 1.807) is 39.5 Å². The number of nitrogens with one attached hydrogen (secondary N) is 1. The highest BCUT2D eigenvalue weighted by atomic mass is 16.5. The predicted molar refractivity (Wildman–Crippen MR) is 89.1 cm³/mol. The van der Waals surface area contributed by atoms with Gasteiger partial charge in [0.05, 0.1) is 21.3 Å². The third kappa shape index (κ3) is 3.83. The Balaban J connectivity index is 2.39. The van der Waals surface area contributed by atoms with Gasteiger partial charge in [-0.3, -0.25) is 4.79 Å². The maximum absolute atomic E-state index is 12.0. The Hall–Kier alpha value is -2.50. The highest BCUT2D eigenvalue weighted by Crippen LogP contribution is 2.38. The molecule has 124 valence electrons. The fraction of sp³-hybridized carbons (Fsp3) is 0.412. The Morgan fingerprint density at radius 3 is 2.22 bits per heavy atom. The van der Waals surface area contributed by atoms with Crippen LogP contribution in [0.5, 0.6) is 17.2 Å². The number of methoxy groups -OCH3 is 3. The number of hydrogen-bond donors (Lipinski definition) is 1. The lowest BCUT2D eigenvalue weighted by molar-refractivity contribution is -0.115. The smallest absolute Gasteiger partial charge is 0.275 e. The number of nitrogens with zero attached hydrogens (tertiary/aromatic N) is 1. The number of ether oxygens (including phenoxy) is 3. The Kier molecular flexibility index (Phi) is 5.26. The SMILES string of the molecule is COc1cc(/C=C2/N=C(CC(C)C)NC2=O)cc(OC)c1OC. The van der Waals surface area contributed by atoms with Crippen molar-refractivity contribution in [1.82, 2.24) is 5.32 Å². The Bertz CT molecular complexity index is 638. The van der Waals surface area contributed by atoms with Crippen LogP contribution in [-0.2, 0) is 4.79 Å². The molecule has 0 bridgehead atoms. The van der Waals surface area contributed by atoms with E-state index in [4.69, 9.17) is 14.2 Å². The number of carbonyl (C=O) groups excluding carboxylic acids is 1. The molecule has 6 nitrogen and oxygen atoms in total. The molecule has 1 aromatic rings. The van der Waals surface area contributed by atoms with E-state index >= 15 is 0 Å². The fourth-order valence-corrected chi connectivity index (χ4v) is 2.34. The van der Waals surface area contributed by atoms with Crippen molar-refractivity contribution in [2.75, 3.05) is 21.3 Å². The van der Waals surface area contributed by atoms with Crippen molar-refractivity contribution in [1.29, 1.82) is 0 Å². The van der Waals surface area contributed by atoms with Crippen molar-refractivity contribution < 1.29 is 19.0 Å². The largest absolute Gasteiger partial charge is 0.493 e. The van der Waals surface area contributed by atoms with Crippen LogP contribution in [0.15, 0.2) is 22.8 Å². The summed E-state index contributed by atoms with van der Waals surface area (Å²) in [6, 6.07) is 3.55. The third-order valence-corrected chi connectivity index (χ3v) is 3.34. The summed E-state index contributed by atoms with van der Waals surface area (Å²) < 4.78 is 15.9. The minimum atomic E-state index is -0.200. The van der Waals surface area contributed by atoms with E-state index in [0.717, 1.165) is 12.0 Å². The van der Waals surface area contributed by atoms with Gasteiger partial charge in [-0.25, -0.2) is 4.99 Å². The van der Waals surface area contributed by atoms with Gasteiger partial charge >= 0.3 is 0 Å². The monoisotopic (exact) mass is 318 g/mol. The van der Waals surface area contributed by atoms with Gasteiger partial charge in [0.15, 0.2) is 11.5 Å². The van der Waals surface area contributed by atoms with Crippen LogP contribution in [0.25, 0.3) is 6.08 Å². The maximum atomic E-state index is 12.0. The molecule has 0 aliphatic carbocycles. The number of carbonyl (C=O) groups is 1. The van der Waals surface area contributed by atoms with Crippen LogP contribution in [0.4, 0.5) is 0 Å². The number of amidine groups is 1. The van der Waals surface area contributed by atoms with Crippen molar-refractivity contribution in [2.45, 2.75) is 20.3 Å². The molecule has 1 N–H and O–H groups in total. The highest BCUT2D eigenvalue weighted by Gasteiger charge is 2.21. The standard InChI is InChI=1S/C17H22N2O4/c1-10(2)6-15-18-12(17(20)19-15)7-11-8-13(21-3)16(23-5)14(9-11)22-4/h7-10H,6H2,1-5H3,(H,18,19,20)/b12-7+. The fourth-order valence-electron chi connectivity index (χ4n) is 2.34. The topological polar surface area (TPSA) is 69.2 Å². The summed E-state index contributed by atoms with van der Waals surface area (Å²) in [6.07, 6.45) is 2.44. The van der Waals surface area contributed by atoms with Crippen LogP contribution < -0.4 is 19.5 Å². The van der Waals surface area contributed by atoms with Crippen LogP contribution in [0.2, 0.25) is 0 Å². The molecule has 6 heteroatoms. The molecule has 0 spiro atoms. The molecule has 23 heavy (non-hydrogen) atoms. The number of amides is 1. The lowest BCUT2D eigenvalue weighted by Crippen LogP contribution is -2.24. The molecule has 1 heterocycles. The Labute approximate surface area is 136 Å². The van der Waals surface area contributed by atoms with Crippen molar-refractivity contribution >= 4 is 17.8 Å². The van der Waals surface area contributed by atoms with Crippen molar-refractivity contribution in [2.24, 2.45) is 10.9 Å². The van der Waals surface area contributed by atoms with Gasteiger partial charge in [-0.15, -0.1) is 0 Å². The van der Waals surface area contributed by atoms with Crippen LogP contribution in [0.1, 0.15) is 25.8 Å². The number of hydrogen-bond acceptors (Lipinski definition) is 5. The molecule has 1 amide bonds. The maximum Gasteiger partial charge on any atom is 0.275 e. The van der Waals surface area contributed by atoms with Crippen LogP contribution >= 0.6 is 0 Å². The van der Waals surface area contributed by atoms with Gasteiger partial charge in [0.1, 0.15) is 11.5 Å². The zero-order valence-corrected chi connectivity index (χ0v) is 14.1. The average Bonchev–Trinajstić information content (AvgIpc) is 2.84. The first kappa shape index (κ1) is 16.9. The zero-order valence-electron chi connectivity index (χ0n) is 14.1. The highest BCUT2D eigenvalue weighted by molar-refractivity contribution is 6.14. The van der Waals surface area contributed by atoms with Crippen LogP contribution in [0.3, 0.4) is 0 Å². The predicted octanol–water partition coefficient (Wildman–Crippen LogP) is 2.63.